The van der Waals surface area contributed by atoms with Crippen molar-refractivity contribution in [3.05, 3.63) is 65.2 Å². The van der Waals surface area contributed by atoms with Crippen LogP contribution < -0.4 is 10.1 Å². The molecule has 1 N–H and O–H groups in total. The molecule has 0 spiro atoms. The van der Waals surface area contributed by atoms with Crippen LogP contribution in [-0.4, -0.2) is 18.4 Å². The van der Waals surface area contributed by atoms with Crippen molar-refractivity contribution in [2.45, 2.75) is 18.8 Å². The zero-order chi connectivity index (χ0) is 20.9. The van der Waals surface area contributed by atoms with Crippen molar-refractivity contribution < 1.29 is 40.7 Å². The Hall–Kier alpha value is -3.04. The molecule has 2 aromatic rings. The zero-order valence-corrected chi connectivity index (χ0v) is 14.0. The molecule has 0 unspecified atom stereocenters. The summed E-state index contributed by atoms with van der Waals surface area (Å²) in [5.41, 5.74) is -2.87. The lowest BCUT2D eigenvalue weighted by Gasteiger charge is -2.14. The Labute approximate surface area is 155 Å². The van der Waals surface area contributed by atoms with Crippen LogP contribution in [0.15, 0.2) is 48.5 Å². The number of nitrogens with one attached hydrogen (secondary N) is 1. The molecule has 1 amide bonds. The van der Waals surface area contributed by atoms with E-state index in [-0.39, 0.29) is 12.6 Å². The predicted octanol–water partition coefficient (Wildman–Crippen LogP) is 4.45. The minimum Gasteiger partial charge on any atom is -0.426 e. The second kappa shape index (κ2) is 8.32. The maximum absolute atomic E-state index is 12.8. The van der Waals surface area contributed by atoms with Crippen LogP contribution in [0.3, 0.4) is 0 Å². The van der Waals surface area contributed by atoms with Crippen LogP contribution in [0, 0.1) is 0 Å². The first-order valence-corrected chi connectivity index (χ1v) is 7.80. The second-order valence-electron chi connectivity index (χ2n) is 5.59. The summed E-state index contributed by atoms with van der Waals surface area (Å²) in [6.07, 6.45) is -10.5. The molecule has 0 heterocycles. The monoisotopic (exact) mass is 405 g/mol. The van der Waals surface area contributed by atoms with Crippen LogP contribution in [0.2, 0.25) is 0 Å². The molecule has 0 aromatic heterocycles. The SMILES string of the molecule is O=C(CCNC(=O)c1ccccc1)Oc1cc(C(F)(F)F)cc(C(F)(F)F)c1. The van der Waals surface area contributed by atoms with Gasteiger partial charge < -0.3 is 10.1 Å². The van der Waals surface area contributed by atoms with Gasteiger partial charge >= 0.3 is 18.3 Å². The highest BCUT2D eigenvalue weighted by atomic mass is 19.4. The van der Waals surface area contributed by atoms with E-state index in [0.717, 1.165) is 0 Å². The Kier molecular flexibility index (Phi) is 6.32. The number of rotatable bonds is 5. The molecule has 0 aliphatic carbocycles. The molecular weight excluding hydrogens is 392 g/mol. The van der Waals surface area contributed by atoms with Gasteiger partial charge in [0, 0.05) is 12.1 Å². The van der Waals surface area contributed by atoms with Crippen LogP contribution in [-0.2, 0) is 17.1 Å². The molecule has 2 aromatic carbocycles. The first-order valence-electron chi connectivity index (χ1n) is 7.80. The van der Waals surface area contributed by atoms with Gasteiger partial charge in [0.15, 0.2) is 0 Å². The van der Waals surface area contributed by atoms with Gasteiger partial charge in [-0.2, -0.15) is 26.3 Å². The molecule has 2 rings (SSSR count). The van der Waals surface area contributed by atoms with Crippen LogP contribution in [0.4, 0.5) is 26.3 Å². The van der Waals surface area contributed by atoms with E-state index in [2.05, 4.69) is 10.1 Å². The number of carbonyl (C=O) groups is 2. The number of amides is 1. The molecule has 10 heteroatoms. The van der Waals surface area contributed by atoms with E-state index in [9.17, 15) is 35.9 Å². The van der Waals surface area contributed by atoms with Gasteiger partial charge in [-0.1, -0.05) is 18.2 Å². The fourth-order valence-corrected chi connectivity index (χ4v) is 2.14. The van der Waals surface area contributed by atoms with E-state index in [0.29, 0.717) is 17.7 Å². The minimum atomic E-state index is -5.05. The van der Waals surface area contributed by atoms with Crippen molar-refractivity contribution in [2.75, 3.05) is 6.54 Å². The summed E-state index contributed by atoms with van der Waals surface area (Å²) in [6.45, 7) is -0.211. The summed E-state index contributed by atoms with van der Waals surface area (Å²) in [7, 11) is 0. The molecule has 0 atom stereocenters. The summed E-state index contributed by atoms with van der Waals surface area (Å²) < 4.78 is 81.2. The molecule has 0 radical (unpaired) electrons. The van der Waals surface area contributed by atoms with Crippen molar-refractivity contribution in [2.24, 2.45) is 0 Å². The van der Waals surface area contributed by atoms with Gasteiger partial charge in [0.2, 0.25) is 0 Å². The number of hydrogen-bond acceptors (Lipinski definition) is 3. The van der Waals surface area contributed by atoms with E-state index in [1.54, 1.807) is 18.2 Å². The summed E-state index contributed by atoms with van der Waals surface area (Å²) >= 11 is 0. The van der Waals surface area contributed by atoms with Gasteiger partial charge in [0.1, 0.15) is 5.75 Å². The molecule has 0 saturated heterocycles. The summed E-state index contributed by atoms with van der Waals surface area (Å²) in [5, 5.41) is 2.39. The smallest absolute Gasteiger partial charge is 0.416 e. The van der Waals surface area contributed by atoms with E-state index in [1.165, 1.54) is 12.1 Å². The maximum Gasteiger partial charge on any atom is 0.416 e. The maximum atomic E-state index is 12.8. The van der Waals surface area contributed by atoms with Crippen molar-refractivity contribution in [3.63, 3.8) is 0 Å². The molecule has 4 nitrogen and oxygen atoms in total. The van der Waals surface area contributed by atoms with E-state index in [4.69, 9.17) is 0 Å². The third-order valence-electron chi connectivity index (χ3n) is 3.44. The Balaban J connectivity index is 2.02. The Morgan fingerprint density at radius 2 is 1.39 bits per heavy atom. The quantitative estimate of drug-likeness (QED) is 0.454. The Morgan fingerprint density at radius 3 is 1.89 bits per heavy atom. The molecule has 28 heavy (non-hydrogen) atoms. The zero-order valence-electron chi connectivity index (χ0n) is 14.0. The van der Waals surface area contributed by atoms with Gasteiger partial charge in [0.05, 0.1) is 17.5 Å². The minimum absolute atomic E-state index is 0.0720. The lowest BCUT2D eigenvalue weighted by Crippen LogP contribution is -2.27. The molecule has 0 saturated carbocycles. The summed E-state index contributed by atoms with van der Waals surface area (Å²) in [6, 6.07) is 8.51. The number of esters is 1. The Bertz CT molecular complexity index is 814. The first kappa shape index (κ1) is 21.3. The van der Waals surface area contributed by atoms with Gasteiger partial charge in [-0.05, 0) is 30.3 Å². The topological polar surface area (TPSA) is 55.4 Å². The number of halogens is 6. The van der Waals surface area contributed by atoms with E-state index in [1.807, 2.05) is 0 Å². The third kappa shape index (κ3) is 6.00. The van der Waals surface area contributed by atoms with Crippen molar-refractivity contribution in [1.82, 2.24) is 5.32 Å². The van der Waals surface area contributed by atoms with Crippen molar-refractivity contribution in [3.8, 4) is 5.75 Å². The average Bonchev–Trinajstić information content (AvgIpc) is 2.60. The molecule has 150 valence electrons. The fourth-order valence-electron chi connectivity index (χ4n) is 2.14. The summed E-state index contributed by atoms with van der Waals surface area (Å²) in [5.74, 6) is -2.48. The summed E-state index contributed by atoms with van der Waals surface area (Å²) in [4.78, 5) is 23.5. The second-order valence-corrected chi connectivity index (χ2v) is 5.59. The van der Waals surface area contributed by atoms with Gasteiger partial charge in [-0.15, -0.1) is 0 Å². The van der Waals surface area contributed by atoms with Crippen LogP contribution in [0.5, 0.6) is 5.75 Å². The largest absolute Gasteiger partial charge is 0.426 e. The lowest BCUT2D eigenvalue weighted by atomic mass is 10.1. The number of ether oxygens (including phenoxy) is 1. The third-order valence-corrected chi connectivity index (χ3v) is 3.44. The Morgan fingerprint density at radius 1 is 0.857 bits per heavy atom. The molecule has 0 bridgehead atoms. The standard InChI is InChI=1S/C18H13F6NO3/c19-17(20,21)12-8-13(18(22,23)24)10-14(9-12)28-15(26)6-7-25-16(27)11-4-2-1-3-5-11/h1-5,8-10H,6-7H2,(H,25,27). The van der Waals surface area contributed by atoms with Crippen LogP contribution in [0.1, 0.15) is 27.9 Å². The predicted molar refractivity (Wildman–Crippen MR) is 85.5 cm³/mol. The number of hydrogen-bond donors (Lipinski definition) is 1. The highest BCUT2D eigenvalue weighted by Crippen LogP contribution is 2.38. The van der Waals surface area contributed by atoms with Gasteiger partial charge in [-0.25, -0.2) is 0 Å². The number of alkyl halides is 6. The highest BCUT2D eigenvalue weighted by Gasteiger charge is 2.37. The molecular formula is C18H13F6NO3. The van der Waals surface area contributed by atoms with Crippen molar-refractivity contribution in [1.29, 1.82) is 0 Å². The molecule has 0 aliphatic rings. The number of carbonyl (C=O) groups excluding carboxylic acids is 2. The van der Waals surface area contributed by atoms with E-state index >= 15 is 0 Å². The first-order chi connectivity index (χ1) is 13.0. The lowest BCUT2D eigenvalue weighted by molar-refractivity contribution is -0.144. The van der Waals surface area contributed by atoms with E-state index < -0.39 is 47.5 Å². The molecule has 0 aliphatic heterocycles. The van der Waals surface area contributed by atoms with Gasteiger partial charge in [-0.3, -0.25) is 9.59 Å². The van der Waals surface area contributed by atoms with Crippen LogP contribution in [0.25, 0.3) is 0 Å². The van der Waals surface area contributed by atoms with Crippen LogP contribution >= 0.6 is 0 Å². The van der Waals surface area contributed by atoms with Gasteiger partial charge in [0.25, 0.3) is 5.91 Å². The molecule has 0 fully saturated rings. The number of benzene rings is 2. The fraction of sp³-hybridized carbons (Fsp3) is 0.222. The normalized spacial score (nSPS) is 11.8. The van der Waals surface area contributed by atoms with Crippen molar-refractivity contribution >= 4 is 11.9 Å². The highest BCUT2D eigenvalue weighted by molar-refractivity contribution is 5.94. The average molecular weight is 405 g/mol.